The Hall–Kier alpha value is -2.65. The van der Waals surface area contributed by atoms with Crippen molar-refractivity contribution in [3.05, 3.63) is 67.6 Å². The maximum absolute atomic E-state index is 12.1. The van der Waals surface area contributed by atoms with Gasteiger partial charge in [-0.15, -0.1) is 0 Å². The number of carbonyl (C=O) groups is 2. The molecule has 0 radical (unpaired) electrons. The van der Waals surface area contributed by atoms with Crippen LogP contribution in [0.4, 0.5) is 5.69 Å². The van der Waals surface area contributed by atoms with Crippen LogP contribution in [0, 0.1) is 10.1 Å². The van der Waals surface area contributed by atoms with Crippen LogP contribution in [-0.4, -0.2) is 22.8 Å². The van der Waals surface area contributed by atoms with Gasteiger partial charge in [0.15, 0.2) is 6.10 Å². The van der Waals surface area contributed by atoms with Gasteiger partial charge < -0.3 is 4.74 Å². The molecule has 2 N–H and O–H groups in total. The molecule has 136 valence electrons. The van der Waals surface area contributed by atoms with E-state index in [1.807, 2.05) is 0 Å². The van der Waals surface area contributed by atoms with Gasteiger partial charge in [0.25, 0.3) is 17.5 Å². The van der Waals surface area contributed by atoms with Crippen molar-refractivity contribution in [2.24, 2.45) is 0 Å². The lowest BCUT2D eigenvalue weighted by Gasteiger charge is -2.15. The second-order valence-electron chi connectivity index (χ2n) is 5.08. The summed E-state index contributed by atoms with van der Waals surface area (Å²) in [6.07, 6.45) is -0.912. The number of ether oxygens (including phenoxy) is 1. The average molecular weight is 443 g/mol. The summed E-state index contributed by atoms with van der Waals surface area (Å²) >= 11 is 8.98. The molecule has 26 heavy (non-hydrogen) atoms. The van der Waals surface area contributed by atoms with E-state index in [9.17, 15) is 19.7 Å². The number of nitro groups is 1. The Balaban J connectivity index is 1.98. The molecule has 0 spiro atoms. The number of halogens is 2. The van der Waals surface area contributed by atoms with E-state index in [1.165, 1.54) is 19.1 Å². The normalized spacial score (nSPS) is 11.3. The molecule has 0 fully saturated rings. The van der Waals surface area contributed by atoms with E-state index in [1.54, 1.807) is 24.3 Å². The van der Waals surface area contributed by atoms with Crippen molar-refractivity contribution in [1.82, 2.24) is 10.9 Å². The molecule has 2 aromatic carbocycles. The van der Waals surface area contributed by atoms with E-state index in [0.717, 1.165) is 10.5 Å². The molecule has 0 aliphatic rings. The van der Waals surface area contributed by atoms with Gasteiger partial charge in [0, 0.05) is 15.6 Å². The average Bonchev–Trinajstić information content (AvgIpc) is 2.59. The standard InChI is InChI=1S/C16H13BrClN3O5/c1-9(26-12-4-2-3-10(17)7-12)15(22)19-20-16(23)13-6-5-11(18)8-14(13)21(24)25/h2-9H,1H3,(H,19,22)(H,20,23). The van der Waals surface area contributed by atoms with E-state index in [0.29, 0.717) is 5.75 Å². The molecule has 1 unspecified atom stereocenters. The van der Waals surface area contributed by atoms with Crippen LogP contribution in [0.3, 0.4) is 0 Å². The summed E-state index contributed by atoms with van der Waals surface area (Å²) in [6.45, 7) is 1.49. The number of hydrogen-bond acceptors (Lipinski definition) is 5. The van der Waals surface area contributed by atoms with Gasteiger partial charge in [0.1, 0.15) is 11.3 Å². The summed E-state index contributed by atoms with van der Waals surface area (Å²) < 4.78 is 6.24. The zero-order valence-electron chi connectivity index (χ0n) is 13.4. The van der Waals surface area contributed by atoms with E-state index in [2.05, 4.69) is 26.8 Å². The van der Waals surface area contributed by atoms with Gasteiger partial charge in [-0.25, -0.2) is 0 Å². The van der Waals surface area contributed by atoms with E-state index < -0.39 is 28.5 Å². The number of nitrogens with zero attached hydrogens (tertiary/aromatic N) is 1. The summed E-state index contributed by atoms with van der Waals surface area (Å²) in [6, 6.07) is 10.5. The fourth-order valence-corrected chi connectivity index (χ4v) is 2.48. The van der Waals surface area contributed by atoms with Gasteiger partial charge in [-0.1, -0.05) is 33.6 Å². The predicted molar refractivity (Wildman–Crippen MR) is 97.9 cm³/mol. The third-order valence-electron chi connectivity index (χ3n) is 3.18. The molecule has 0 saturated carbocycles. The molecule has 0 heterocycles. The van der Waals surface area contributed by atoms with Gasteiger partial charge in [-0.3, -0.25) is 30.6 Å². The highest BCUT2D eigenvalue weighted by molar-refractivity contribution is 9.10. The van der Waals surface area contributed by atoms with Gasteiger partial charge in [0.2, 0.25) is 0 Å². The number of amides is 2. The van der Waals surface area contributed by atoms with Crippen LogP contribution in [-0.2, 0) is 4.79 Å². The van der Waals surface area contributed by atoms with Crippen LogP contribution in [0.25, 0.3) is 0 Å². The molecule has 2 amide bonds. The molecular formula is C16H13BrClN3O5. The Bertz CT molecular complexity index is 862. The fraction of sp³-hybridized carbons (Fsp3) is 0.125. The minimum atomic E-state index is -0.912. The molecule has 1 atom stereocenters. The van der Waals surface area contributed by atoms with E-state index >= 15 is 0 Å². The summed E-state index contributed by atoms with van der Waals surface area (Å²) in [5.74, 6) is -1.02. The lowest BCUT2D eigenvalue weighted by molar-refractivity contribution is -0.385. The molecule has 8 nitrogen and oxygen atoms in total. The largest absolute Gasteiger partial charge is 0.481 e. The Morgan fingerprint density at radius 2 is 1.96 bits per heavy atom. The third-order valence-corrected chi connectivity index (χ3v) is 3.91. The van der Waals surface area contributed by atoms with Crippen LogP contribution in [0.1, 0.15) is 17.3 Å². The molecule has 0 aromatic heterocycles. The van der Waals surface area contributed by atoms with E-state index in [4.69, 9.17) is 16.3 Å². The number of hydrogen-bond donors (Lipinski definition) is 2. The summed E-state index contributed by atoms with van der Waals surface area (Å²) in [5, 5.41) is 11.1. The fourth-order valence-electron chi connectivity index (χ4n) is 1.93. The van der Waals surface area contributed by atoms with Crippen LogP contribution < -0.4 is 15.6 Å². The summed E-state index contributed by atoms with van der Waals surface area (Å²) in [4.78, 5) is 34.4. The van der Waals surface area contributed by atoms with Gasteiger partial charge >= 0.3 is 0 Å². The Morgan fingerprint density at radius 3 is 2.62 bits per heavy atom. The number of nitrogens with one attached hydrogen (secondary N) is 2. The van der Waals surface area contributed by atoms with Crippen molar-refractivity contribution in [2.75, 3.05) is 0 Å². The highest BCUT2D eigenvalue weighted by atomic mass is 79.9. The minimum Gasteiger partial charge on any atom is -0.481 e. The van der Waals surface area contributed by atoms with Crippen LogP contribution in [0.5, 0.6) is 5.75 Å². The van der Waals surface area contributed by atoms with Crippen LogP contribution in [0.15, 0.2) is 46.9 Å². The first-order chi connectivity index (χ1) is 12.3. The first kappa shape index (κ1) is 19.7. The Morgan fingerprint density at radius 1 is 1.23 bits per heavy atom. The van der Waals surface area contributed by atoms with Gasteiger partial charge in [0.05, 0.1) is 4.92 Å². The van der Waals surface area contributed by atoms with Crippen molar-refractivity contribution >= 4 is 45.0 Å². The van der Waals surface area contributed by atoms with Crippen molar-refractivity contribution in [3.63, 3.8) is 0 Å². The second-order valence-corrected chi connectivity index (χ2v) is 6.43. The Kier molecular flexibility index (Phi) is 6.53. The van der Waals surface area contributed by atoms with Crippen LogP contribution >= 0.6 is 27.5 Å². The smallest absolute Gasteiger partial charge is 0.283 e. The van der Waals surface area contributed by atoms with E-state index in [-0.39, 0.29) is 10.6 Å². The number of nitro benzene ring substituents is 1. The molecule has 0 bridgehead atoms. The quantitative estimate of drug-likeness (QED) is 0.545. The third kappa shape index (κ3) is 5.17. The predicted octanol–water partition coefficient (Wildman–Crippen LogP) is 3.24. The maximum Gasteiger partial charge on any atom is 0.283 e. The number of hydrazine groups is 1. The maximum atomic E-state index is 12.1. The SMILES string of the molecule is CC(Oc1cccc(Br)c1)C(=O)NNC(=O)c1ccc(Cl)cc1[N+](=O)[O-]. The highest BCUT2D eigenvalue weighted by Gasteiger charge is 2.22. The van der Waals surface area contributed by atoms with Crippen LogP contribution in [0.2, 0.25) is 5.02 Å². The number of carbonyl (C=O) groups excluding carboxylic acids is 2. The topological polar surface area (TPSA) is 111 Å². The molecule has 2 rings (SSSR count). The summed E-state index contributed by atoms with van der Waals surface area (Å²) in [5.41, 5.74) is 3.58. The molecule has 10 heteroatoms. The first-order valence-electron chi connectivity index (χ1n) is 7.24. The van der Waals surface area contributed by atoms with Gasteiger partial charge in [-0.2, -0.15) is 0 Å². The molecule has 0 aliphatic carbocycles. The monoisotopic (exact) mass is 441 g/mol. The van der Waals surface area contributed by atoms with Crippen molar-refractivity contribution < 1.29 is 19.2 Å². The van der Waals surface area contributed by atoms with Crippen molar-refractivity contribution in [2.45, 2.75) is 13.0 Å². The zero-order chi connectivity index (χ0) is 19.3. The first-order valence-corrected chi connectivity index (χ1v) is 8.41. The minimum absolute atomic E-state index is 0.119. The molecule has 0 saturated heterocycles. The summed E-state index contributed by atoms with van der Waals surface area (Å²) in [7, 11) is 0. The number of rotatable bonds is 5. The van der Waals surface area contributed by atoms with Crippen molar-refractivity contribution in [3.8, 4) is 5.75 Å². The highest BCUT2D eigenvalue weighted by Crippen LogP contribution is 2.23. The Labute approximate surface area is 161 Å². The molecule has 0 aliphatic heterocycles. The van der Waals surface area contributed by atoms with Crippen molar-refractivity contribution in [1.29, 1.82) is 0 Å². The molecular weight excluding hydrogens is 430 g/mol. The lowest BCUT2D eigenvalue weighted by atomic mass is 10.2. The zero-order valence-corrected chi connectivity index (χ0v) is 15.7. The number of benzene rings is 2. The van der Waals surface area contributed by atoms with Gasteiger partial charge in [-0.05, 0) is 37.3 Å². The lowest BCUT2D eigenvalue weighted by Crippen LogP contribution is -2.47. The second kappa shape index (κ2) is 8.63. The molecule has 2 aromatic rings.